The molecular formula is C13H30NO2P. The molecule has 0 aromatic heterocycles. The lowest BCUT2D eigenvalue weighted by molar-refractivity contribution is 0.0404. The van der Waals surface area contributed by atoms with Gasteiger partial charge in [0.1, 0.15) is 0 Å². The Balaban J connectivity index is 3.03. The van der Waals surface area contributed by atoms with E-state index in [-0.39, 0.29) is 0 Å². The number of nitrogens with zero attached hydrogens (tertiary/aromatic N) is 1. The summed E-state index contributed by atoms with van der Waals surface area (Å²) in [6.45, 7) is 10.9. The predicted octanol–water partition coefficient (Wildman–Crippen LogP) is 2.65. The van der Waals surface area contributed by atoms with E-state index in [4.69, 9.17) is 9.47 Å². The molecule has 0 N–H and O–H groups in total. The molecule has 0 saturated carbocycles. The van der Waals surface area contributed by atoms with Gasteiger partial charge in [-0.25, -0.2) is 0 Å². The first-order valence-electron chi connectivity index (χ1n) is 6.65. The van der Waals surface area contributed by atoms with Crippen LogP contribution in [0.25, 0.3) is 0 Å². The van der Waals surface area contributed by atoms with Crippen molar-refractivity contribution in [2.75, 3.05) is 53.0 Å². The third-order valence-corrected chi connectivity index (χ3v) is 3.34. The molecule has 1 unspecified atom stereocenters. The van der Waals surface area contributed by atoms with Crippen molar-refractivity contribution in [3.05, 3.63) is 0 Å². The highest BCUT2D eigenvalue weighted by atomic mass is 31.1. The summed E-state index contributed by atoms with van der Waals surface area (Å²) in [6, 6.07) is 0. The molecule has 0 spiro atoms. The van der Waals surface area contributed by atoms with Crippen LogP contribution in [-0.2, 0) is 9.47 Å². The molecular weight excluding hydrogens is 233 g/mol. The maximum absolute atomic E-state index is 5.51. The summed E-state index contributed by atoms with van der Waals surface area (Å²) in [7, 11) is 3.13. The van der Waals surface area contributed by atoms with Crippen LogP contribution in [0.4, 0.5) is 0 Å². The van der Waals surface area contributed by atoms with E-state index in [0.29, 0.717) is 0 Å². The monoisotopic (exact) mass is 263 g/mol. The van der Waals surface area contributed by atoms with Crippen LogP contribution >= 0.6 is 8.58 Å². The minimum atomic E-state index is 0.726. The summed E-state index contributed by atoms with van der Waals surface area (Å²) in [5.74, 6) is 0.782. The van der Waals surface area contributed by atoms with E-state index in [1.165, 1.54) is 12.7 Å². The van der Waals surface area contributed by atoms with Crippen molar-refractivity contribution in [1.29, 1.82) is 0 Å². The van der Waals surface area contributed by atoms with Crippen LogP contribution in [0.2, 0.25) is 0 Å². The van der Waals surface area contributed by atoms with Crippen LogP contribution in [-0.4, -0.2) is 57.9 Å². The summed E-state index contributed by atoms with van der Waals surface area (Å²) in [5.41, 5.74) is 0. The highest BCUT2D eigenvalue weighted by Gasteiger charge is 1.97. The normalized spacial score (nSPS) is 12.4. The van der Waals surface area contributed by atoms with Crippen molar-refractivity contribution in [1.82, 2.24) is 4.90 Å². The molecule has 4 heteroatoms. The van der Waals surface area contributed by atoms with Gasteiger partial charge in [-0.15, -0.1) is 8.58 Å². The van der Waals surface area contributed by atoms with Gasteiger partial charge in [0.25, 0.3) is 0 Å². The lowest BCUT2D eigenvalue weighted by Crippen LogP contribution is -2.22. The highest BCUT2D eigenvalue weighted by molar-refractivity contribution is 7.36. The van der Waals surface area contributed by atoms with Gasteiger partial charge in [-0.1, -0.05) is 13.8 Å². The van der Waals surface area contributed by atoms with E-state index in [1.54, 1.807) is 0 Å². The van der Waals surface area contributed by atoms with Crippen molar-refractivity contribution in [2.24, 2.45) is 5.92 Å². The number of hydrogen-bond donors (Lipinski definition) is 0. The maximum Gasteiger partial charge on any atom is 0.0701 e. The minimum Gasteiger partial charge on any atom is -0.379 e. The first-order chi connectivity index (χ1) is 8.16. The van der Waals surface area contributed by atoms with Crippen LogP contribution in [0.15, 0.2) is 0 Å². The fourth-order valence-corrected chi connectivity index (χ4v) is 2.18. The standard InChI is InChI=1S/C13H30NO2P/c1-13(2)6-5-8-15-10-11-16-9-7-14(3)12-17-4/h13,17H,5-12H2,1-4H3. The fraction of sp³-hybridized carbons (Fsp3) is 1.00. The molecule has 0 radical (unpaired) electrons. The molecule has 0 rings (SSSR count). The Morgan fingerprint density at radius 2 is 1.71 bits per heavy atom. The van der Waals surface area contributed by atoms with Crippen molar-refractivity contribution >= 4 is 8.58 Å². The summed E-state index contributed by atoms with van der Waals surface area (Å²) in [6.07, 6.45) is 3.59. The quantitative estimate of drug-likeness (QED) is 0.399. The Bertz CT molecular complexity index is 156. The summed E-state index contributed by atoms with van der Waals surface area (Å²) >= 11 is 0. The van der Waals surface area contributed by atoms with Gasteiger partial charge in [0.2, 0.25) is 0 Å². The molecule has 0 aliphatic carbocycles. The zero-order chi connectivity index (χ0) is 12.9. The van der Waals surface area contributed by atoms with Gasteiger partial charge in [0, 0.05) is 19.4 Å². The number of rotatable bonds is 12. The Labute approximate surface area is 109 Å². The van der Waals surface area contributed by atoms with Gasteiger partial charge in [0.15, 0.2) is 0 Å². The zero-order valence-electron chi connectivity index (χ0n) is 12.0. The van der Waals surface area contributed by atoms with Crippen LogP contribution in [0.3, 0.4) is 0 Å². The molecule has 1 atom stereocenters. The largest absolute Gasteiger partial charge is 0.379 e. The highest BCUT2D eigenvalue weighted by Crippen LogP contribution is 2.03. The SMILES string of the molecule is CPCN(C)CCOCCOCCCC(C)C. The van der Waals surface area contributed by atoms with E-state index >= 15 is 0 Å². The van der Waals surface area contributed by atoms with Crippen molar-refractivity contribution in [3.8, 4) is 0 Å². The van der Waals surface area contributed by atoms with Crippen LogP contribution < -0.4 is 0 Å². The fourth-order valence-electron chi connectivity index (χ4n) is 1.48. The van der Waals surface area contributed by atoms with Gasteiger partial charge in [-0.3, -0.25) is 0 Å². The topological polar surface area (TPSA) is 21.7 Å². The number of ether oxygens (including phenoxy) is 2. The van der Waals surface area contributed by atoms with Crippen molar-refractivity contribution < 1.29 is 9.47 Å². The first-order valence-corrected chi connectivity index (χ1v) is 8.36. The number of hydrogen-bond acceptors (Lipinski definition) is 3. The molecule has 0 aromatic rings. The van der Waals surface area contributed by atoms with E-state index in [2.05, 4.69) is 32.5 Å². The Hall–Kier alpha value is 0.310. The predicted molar refractivity (Wildman–Crippen MR) is 77.4 cm³/mol. The average molecular weight is 263 g/mol. The van der Waals surface area contributed by atoms with E-state index in [1.807, 2.05) is 0 Å². The second-order valence-corrected chi connectivity index (χ2v) is 5.88. The van der Waals surface area contributed by atoms with E-state index in [9.17, 15) is 0 Å². The van der Waals surface area contributed by atoms with Crippen molar-refractivity contribution in [2.45, 2.75) is 26.7 Å². The van der Waals surface area contributed by atoms with Crippen molar-refractivity contribution in [3.63, 3.8) is 0 Å². The number of likely N-dealkylation sites (N-methyl/N-ethyl adjacent to an activating group) is 1. The zero-order valence-corrected chi connectivity index (χ0v) is 13.0. The Morgan fingerprint density at radius 3 is 2.29 bits per heavy atom. The van der Waals surface area contributed by atoms with Gasteiger partial charge in [-0.2, -0.15) is 0 Å². The van der Waals surface area contributed by atoms with Crippen LogP contribution in [0.5, 0.6) is 0 Å². The molecule has 17 heavy (non-hydrogen) atoms. The van der Waals surface area contributed by atoms with Gasteiger partial charge in [0.05, 0.1) is 19.8 Å². The first kappa shape index (κ1) is 17.3. The molecule has 0 amide bonds. The minimum absolute atomic E-state index is 0.726. The van der Waals surface area contributed by atoms with E-state index < -0.39 is 0 Å². The lowest BCUT2D eigenvalue weighted by Gasteiger charge is -2.15. The lowest BCUT2D eigenvalue weighted by atomic mass is 10.1. The third-order valence-electron chi connectivity index (χ3n) is 2.49. The molecule has 0 bridgehead atoms. The van der Waals surface area contributed by atoms with Gasteiger partial charge < -0.3 is 14.4 Å². The molecule has 0 aliphatic rings. The molecule has 0 fully saturated rings. The van der Waals surface area contributed by atoms with Crippen LogP contribution in [0.1, 0.15) is 26.7 Å². The van der Waals surface area contributed by atoms with Crippen LogP contribution in [0, 0.1) is 5.92 Å². The summed E-state index contributed by atoms with van der Waals surface area (Å²) < 4.78 is 11.0. The third kappa shape index (κ3) is 14.2. The molecule has 3 nitrogen and oxygen atoms in total. The second kappa shape index (κ2) is 12.8. The second-order valence-electron chi connectivity index (χ2n) is 4.85. The molecule has 0 heterocycles. The molecule has 0 aliphatic heterocycles. The maximum atomic E-state index is 5.51. The Morgan fingerprint density at radius 1 is 1.06 bits per heavy atom. The van der Waals surface area contributed by atoms with Gasteiger partial charge in [-0.05, 0) is 32.5 Å². The summed E-state index contributed by atoms with van der Waals surface area (Å²) in [4.78, 5) is 2.31. The van der Waals surface area contributed by atoms with Gasteiger partial charge >= 0.3 is 0 Å². The molecule has 0 aromatic carbocycles. The Kier molecular flexibility index (Phi) is 13.0. The molecule has 0 saturated heterocycles. The molecule has 104 valence electrons. The average Bonchev–Trinajstić information content (AvgIpc) is 2.27. The smallest absolute Gasteiger partial charge is 0.0701 e. The van der Waals surface area contributed by atoms with E-state index in [0.717, 1.165) is 53.9 Å². The summed E-state index contributed by atoms with van der Waals surface area (Å²) in [5, 5.41) is 0.